The third-order valence-corrected chi connectivity index (χ3v) is 25.7. The van der Waals surface area contributed by atoms with Gasteiger partial charge in [0.15, 0.2) is 17.5 Å². The molecule has 0 aliphatic carbocycles. The number of hydrogen-bond acceptors (Lipinski definition) is 10. The second kappa shape index (κ2) is 36.0. The molecule has 0 aliphatic heterocycles. The molecular weight excluding hydrogens is 2290 g/mol. The Labute approximate surface area is 847 Å². The van der Waals surface area contributed by atoms with Crippen LogP contribution >= 0.6 is 0 Å². The van der Waals surface area contributed by atoms with E-state index in [1.807, 2.05) is 151 Å². The molecule has 12 aromatic heterocycles. The van der Waals surface area contributed by atoms with Gasteiger partial charge in [0.25, 0.3) is 0 Å². The molecular formula is C118H69N18O2Pt3-3. The Bertz CT molecular complexity index is 9710. The number of para-hydroxylation sites is 11. The summed E-state index contributed by atoms with van der Waals surface area (Å²) < 4.78 is 32.8. The number of nitrogens with zero attached hydrogens (tertiary/aromatic N) is 18. The van der Waals surface area contributed by atoms with Crippen molar-refractivity contribution >= 4 is 153 Å². The molecule has 676 valence electrons. The fourth-order valence-electron chi connectivity index (χ4n) is 19.8. The summed E-state index contributed by atoms with van der Waals surface area (Å²) in [6, 6.07) is 157. The molecule has 0 radical (unpaired) electrons. The first kappa shape index (κ1) is 86.6. The minimum atomic E-state index is 0. The van der Waals surface area contributed by atoms with Gasteiger partial charge >= 0.3 is 42.1 Å². The molecule has 0 aliphatic rings. The quantitative estimate of drug-likeness (QED) is 0.0954. The van der Waals surface area contributed by atoms with Crippen LogP contribution in [0.15, 0.2) is 419 Å². The number of fused-ring (bicyclic) bond motifs is 21. The predicted molar refractivity (Wildman–Crippen MR) is 545 cm³/mol. The van der Waals surface area contributed by atoms with Gasteiger partial charge in [-0.15, -0.1) is 134 Å². The van der Waals surface area contributed by atoms with E-state index in [4.69, 9.17) is 14.5 Å². The Morgan fingerprint density at radius 2 is 0.496 bits per heavy atom. The number of pyridine rings is 2. The third-order valence-electron chi connectivity index (χ3n) is 25.7. The Hall–Kier alpha value is -17.3. The normalized spacial score (nSPS) is 11.5. The molecule has 0 bridgehead atoms. The van der Waals surface area contributed by atoms with Crippen LogP contribution in [0.4, 0.5) is 0 Å². The van der Waals surface area contributed by atoms with Gasteiger partial charge in [0.2, 0.25) is 5.88 Å². The summed E-state index contributed by atoms with van der Waals surface area (Å²) in [5.74, 6) is 5.44. The summed E-state index contributed by atoms with van der Waals surface area (Å²) in [7, 11) is 0. The fourth-order valence-corrected chi connectivity index (χ4v) is 19.8. The summed E-state index contributed by atoms with van der Waals surface area (Å²) in [4.78, 5) is 9.02. The van der Waals surface area contributed by atoms with E-state index < -0.39 is 0 Å². The molecule has 17 aromatic carbocycles. The molecule has 0 unspecified atom stereocenters. The molecule has 0 atom stereocenters. The number of hydrogen-bond donors (Lipinski definition) is 0. The van der Waals surface area contributed by atoms with Crippen LogP contribution in [0.1, 0.15) is 0 Å². The Morgan fingerprint density at radius 3 is 0.894 bits per heavy atom. The van der Waals surface area contributed by atoms with E-state index in [1.165, 1.54) is 32.3 Å². The van der Waals surface area contributed by atoms with Gasteiger partial charge in [0.1, 0.15) is 5.82 Å². The van der Waals surface area contributed by atoms with E-state index in [1.54, 1.807) is 15.6 Å². The molecule has 0 amide bonds. The van der Waals surface area contributed by atoms with E-state index in [0.29, 0.717) is 23.1 Å². The van der Waals surface area contributed by atoms with Crippen molar-refractivity contribution in [1.82, 2.24) is 86.9 Å². The smallest absolute Gasteiger partial charge is 0.509 e. The van der Waals surface area contributed by atoms with Crippen LogP contribution in [0.25, 0.3) is 210 Å². The maximum absolute atomic E-state index is 6.11. The van der Waals surface area contributed by atoms with Gasteiger partial charge < -0.3 is 27.7 Å². The minimum Gasteiger partial charge on any atom is -0.509 e. The van der Waals surface area contributed by atoms with E-state index in [-0.39, 0.29) is 63.2 Å². The van der Waals surface area contributed by atoms with E-state index >= 15 is 0 Å². The van der Waals surface area contributed by atoms with Crippen LogP contribution < -0.4 is 9.47 Å². The summed E-state index contributed by atoms with van der Waals surface area (Å²) in [5.41, 5.74) is 19.5. The number of ether oxygens (including phenoxy) is 2. The summed E-state index contributed by atoms with van der Waals surface area (Å²) in [5, 5.41) is 43.6. The summed E-state index contributed by atoms with van der Waals surface area (Å²) >= 11 is 0. The van der Waals surface area contributed by atoms with Gasteiger partial charge in [-0.05, 0) is 117 Å². The van der Waals surface area contributed by atoms with E-state index in [9.17, 15) is 0 Å². The zero-order chi connectivity index (χ0) is 90.8. The molecule has 20 nitrogen and oxygen atoms in total. The van der Waals surface area contributed by atoms with Crippen LogP contribution in [0.5, 0.6) is 23.1 Å². The fraction of sp³-hybridized carbons (Fsp3) is 0. The monoisotopic (exact) mass is 2350 g/mol. The minimum absolute atomic E-state index is 0. The molecule has 141 heavy (non-hydrogen) atoms. The van der Waals surface area contributed by atoms with Crippen LogP contribution in [0, 0.1) is 42.5 Å². The van der Waals surface area contributed by atoms with E-state index in [0.717, 1.165) is 178 Å². The molecule has 0 saturated heterocycles. The first-order chi connectivity index (χ1) is 68.4. The van der Waals surface area contributed by atoms with Gasteiger partial charge in [-0.2, -0.15) is 54.6 Å². The van der Waals surface area contributed by atoms with Crippen molar-refractivity contribution in [3.05, 3.63) is 462 Å². The molecule has 0 saturated carbocycles. The van der Waals surface area contributed by atoms with Gasteiger partial charge in [-0.1, -0.05) is 249 Å². The first-order valence-electron chi connectivity index (χ1n) is 45.2. The van der Waals surface area contributed by atoms with Crippen molar-refractivity contribution in [3.63, 3.8) is 0 Å². The summed E-state index contributed by atoms with van der Waals surface area (Å²) in [6.45, 7) is 0. The number of aromatic nitrogens is 18. The number of rotatable bonds is 14. The molecule has 12 heterocycles. The van der Waals surface area contributed by atoms with Crippen molar-refractivity contribution < 1.29 is 72.7 Å². The molecule has 23 heteroatoms. The number of benzene rings is 17. The molecule has 29 rings (SSSR count). The van der Waals surface area contributed by atoms with Crippen molar-refractivity contribution in [2.45, 2.75) is 0 Å². The van der Waals surface area contributed by atoms with Crippen LogP contribution in [0.3, 0.4) is 0 Å². The second-order valence-electron chi connectivity index (χ2n) is 33.6. The Kier molecular flexibility index (Phi) is 22.1. The summed E-state index contributed by atoms with van der Waals surface area (Å²) in [6.07, 6.45) is 9.43. The van der Waals surface area contributed by atoms with Gasteiger partial charge in [-0.25, -0.2) is 24.0 Å². The van der Waals surface area contributed by atoms with Crippen molar-refractivity contribution in [1.29, 1.82) is 0 Å². The maximum atomic E-state index is 6.11. The molecule has 0 spiro atoms. The average molecular weight is 2360 g/mol. The molecule has 0 fully saturated rings. The average Bonchev–Trinajstić information content (AvgIpc) is 1.51. The van der Waals surface area contributed by atoms with Gasteiger partial charge in [-0.3, -0.25) is 13.7 Å². The van der Waals surface area contributed by atoms with Gasteiger partial charge in [0, 0.05) is 111 Å². The SMILES string of the molecule is [Pt+2].[Pt+2].[Pt].[c-]1c(-n2cc(-n3c4ccccc4c4ccccc43)nn2)ccc2c3ccccc3n(-c3[c-]c4c(cc3)c3ccccc3n4-c3ccccn3)c12.[c-]1c(Oc2ccccn2)cccc1-n1c2[c-]c(-n3cc(-n4c5ccccc5c5ccccc54)nn3)ccc2c2ccccc21.[c-]1ccccc1Oc1[c-]c2c(cc1)c1ccccc1n2-c1[c-]c(-n2cc(-n3c4ccccc4c4ccccc43)nn2)ccc1. The Balaban J connectivity index is 0.000000114. The van der Waals surface area contributed by atoms with Crippen LogP contribution in [-0.2, 0) is 63.2 Å². The van der Waals surface area contributed by atoms with E-state index in [2.05, 4.69) is 377 Å². The maximum Gasteiger partial charge on any atom is 2.00 e. The zero-order valence-electron chi connectivity index (χ0n) is 74.2. The standard InChI is InChI=1S/C43H25N7.C38H22N5O.C37H22N6O.3Pt/c1-5-15-36-32(13-1)34-22-20-28(47-27-43(45-46-47)49-37-16-6-2-11-30(37)31-12-3-7-17-38(31)49)25-40(34)48(36)29-21-23-35-33-14-4-8-18-39(33)50(41(35)26-29)42-19-9-10-24-44-42;1-2-13-28(14-3-1)44-29-21-22-33-32-17-4-7-18-34(32)42(37(33)24-29)27-12-10-11-26(23-27)41-25-38(39-40-41)43-35-19-8-5-15-30(35)31-16-6-9-20-36(31)43;1-4-15-32-30(14-1)31-20-19-25(23-35(31)42(32)26-10-9-11-27(22-26)44-37-18-7-8-21-38-37)41-24-36(39-40-41)43-33-16-5-2-12-28(33)29-13-3-6-17-34(29)43;;;/h1-24,27H;1-13,15-22,25H;1-21,24H;;;/q-2;-3;-2;;2*+2. The van der Waals surface area contributed by atoms with Crippen LogP contribution in [0.2, 0.25) is 0 Å². The molecule has 0 N–H and O–H groups in total. The third kappa shape index (κ3) is 14.8. The van der Waals surface area contributed by atoms with Gasteiger partial charge in [0.05, 0.1) is 51.7 Å². The first-order valence-corrected chi connectivity index (χ1v) is 45.2. The Morgan fingerprint density at radius 1 is 0.199 bits per heavy atom. The topological polar surface area (TPSA) is 171 Å². The van der Waals surface area contributed by atoms with Crippen molar-refractivity contribution in [2.75, 3.05) is 0 Å². The largest absolute Gasteiger partial charge is 2.00 e. The van der Waals surface area contributed by atoms with Crippen LogP contribution in [-0.4, -0.2) is 86.9 Å². The van der Waals surface area contributed by atoms with Crippen molar-refractivity contribution in [3.8, 4) is 80.5 Å². The zero-order valence-corrected chi connectivity index (χ0v) is 81.0. The second-order valence-corrected chi connectivity index (χ2v) is 33.6. The van der Waals surface area contributed by atoms with Crippen molar-refractivity contribution in [2.24, 2.45) is 0 Å². The molecule has 29 aromatic rings. The predicted octanol–water partition coefficient (Wildman–Crippen LogP) is 26.5.